The number of rotatable bonds is 4. The molecule has 0 aromatic carbocycles. The molecule has 0 amide bonds. The van der Waals surface area contributed by atoms with Crippen LogP contribution >= 0.6 is 0 Å². The number of carbonyl (C=O) groups is 1. The second-order valence-corrected chi connectivity index (χ2v) is 4.30. The SMILES string of the molecule is C=CCCCC1CCCCC(=O)C1C#N. The van der Waals surface area contributed by atoms with Gasteiger partial charge in [0.1, 0.15) is 11.7 Å². The molecule has 2 nitrogen and oxygen atoms in total. The maximum absolute atomic E-state index is 11.6. The summed E-state index contributed by atoms with van der Waals surface area (Å²) in [6.07, 6.45) is 8.66. The lowest BCUT2D eigenvalue weighted by Crippen LogP contribution is -2.20. The number of carbonyl (C=O) groups excluding carboxylic acids is 1. The Labute approximate surface area is 92.0 Å². The van der Waals surface area contributed by atoms with E-state index >= 15 is 0 Å². The molecule has 0 aromatic heterocycles. The maximum atomic E-state index is 11.6. The van der Waals surface area contributed by atoms with Crippen LogP contribution in [0.5, 0.6) is 0 Å². The van der Waals surface area contributed by atoms with E-state index in [-0.39, 0.29) is 11.7 Å². The first-order valence-corrected chi connectivity index (χ1v) is 5.82. The zero-order chi connectivity index (χ0) is 11.1. The van der Waals surface area contributed by atoms with Gasteiger partial charge < -0.3 is 0 Å². The van der Waals surface area contributed by atoms with Crippen LogP contribution in [0.3, 0.4) is 0 Å². The molecule has 1 rings (SSSR count). The van der Waals surface area contributed by atoms with Gasteiger partial charge in [0, 0.05) is 6.42 Å². The summed E-state index contributed by atoms with van der Waals surface area (Å²) in [5.74, 6) is 0.126. The molecule has 82 valence electrons. The Bertz CT molecular complexity index is 264. The molecule has 1 saturated carbocycles. The summed E-state index contributed by atoms with van der Waals surface area (Å²) in [5.41, 5.74) is 0. The third kappa shape index (κ3) is 3.51. The van der Waals surface area contributed by atoms with Crippen molar-refractivity contribution in [2.45, 2.75) is 44.9 Å². The van der Waals surface area contributed by atoms with E-state index < -0.39 is 0 Å². The second kappa shape index (κ2) is 6.40. The van der Waals surface area contributed by atoms with Gasteiger partial charge in [0.25, 0.3) is 0 Å². The normalized spacial score (nSPS) is 26.7. The van der Waals surface area contributed by atoms with E-state index in [0.29, 0.717) is 12.3 Å². The molecule has 0 bridgehead atoms. The van der Waals surface area contributed by atoms with Crippen LogP contribution < -0.4 is 0 Å². The minimum absolute atomic E-state index is 0.165. The lowest BCUT2D eigenvalue weighted by molar-refractivity contribution is -0.122. The molecule has 2 unspecified atom stereocenters. The summed E-state index contributed by atoms with van der Waals surface area (Å²) in [6, 6.07) is 2.20. The Morgan fingerprint density at radius 3 is 3.00 bits per heavy atom. The topological polar surface area (TPSA) is 40.9 Å². The fraction of sp³-hybridized carbons (Fsp3) is 0.692. The molecule has 0 aliphatic heterocycles. The van der Waals surface area contributed by atoms with Gasteiger partial charge in [-0.2, -0.15) is 5.26 Å². The molecule has 1 fully saturated rings. The van der Waals surface area contributed by atoms with Crippen molar-refractivity contribution in [3.8, 4) is 6.07 Å². The molecule has 0 spiro atoms. The molecule has 0 heterocycles. The van der Waals surface area contributed by atoms with Crippen molar-refractivity contribution in [1.29, 1.82) is 5.26 Å². The fourth-order valence-electron chi connectivity index (χ4n) is 2.30. The van der Waals surface area contributed by atoms with Crippen LogP contribution in [0.15, 0.2) is 12.7 Å². The number of nitriles is 1. The fourth-order valence-corrected chi connectivity index (χ4v) is 2.30. The van der Waals surface area contributed by atoms with Gasteiger partial charge in [-0.25, -0.2) is 0 Å². The standard InChI is InChI=1S/C13H19NO/c1-2-3-4-7-11-8-5-6-9-13(15)12(11)10-14/h2,11-12H,1,3-9H2. The van der Waals surface area contributed by atoms with Crippen LogP contribution in [0.1, 0.15) is 44.9 Å². The number of Topliss-reactive ketones (excluding diaryl/α,β-unsaturated/α-hetero) is 1. The molecule has 0 aromatic rings. The van der Waals surface area contributed by atoms with Gasteiger partial charge in [0.15, 0.2) is 0 Å². The van der Waals surface area contributed by atoms with Crippen molar-refractivity contribution in [3.05, 3.63) is 12.7 Å². The first-order valence-electron chi connectivity index (χ1n) is 5.82. The van der Waals surface area contributed by atoms with Crippen LogP contribution in [-0.2, 0) is 4.79 Å². The Kier molecular flexibility index (Phi) is 5.10. The molecule has 2 heteroatoms. The number of unbranched alkanes of at least 4 members (excludes halogenated alkanes) is 1. The van der Waals surface area contributed by atoms with Crippen molar-refractivity contribution >= 4 is 5.78 Å². The number of nitrogens with zero attached hydrogens (tertiary/aromatic N) is 1. The Morgan fingerprint density at radius 1 is 1.53 bits per heavy atom. The van der Waals surface area contributed by atoms with Gasteiger partial charge in [-0.3, -0.25) is 4.79 Å². The first kappa shape index (κ1) is 12.0. The quantitative estimate of drug-likeness (QED) is 0.401. The zero-order valence-corrected chi connectivity index (χ0v) is 9.24. The third-order valence-electron chi connectivity index (χ3n) is 3.19. The Morgan fingerprint density at radius 2 is 2.33 bits per heavy atom. The minimum Gasteiger partial charge on any atom is -0.298 e. The monoisotopic (exact) mass is 205 g/mol. The Balaban J connectivity index is 2.53. The molecule has 0 radical (unpaired) electrons. The van der Waals surface area contributed by atoms with E-state index in [1.807, 2.05) is 6.08 Å². The largest absolute Gasteiger partial charge is 0.298 e. The van der Waals surface area contributed by atoms with Gasteiger partial charge in [-0.15, -0.1) is 6.58 Å². The highest BCUT2D eigenvalue weighted by molar-refractivity contribution is 5.83. The summed E-state index contributed by atoms with van der Waals surface area (Å²) in [5, 5.41) is 9.02. The molecular weight excluding hydrogens is 186 g/mol. The second-order valence-electron chi connectivity index (χ2n) is 4.30. The van der Waals surface area contributed by atoms with E-state index in [0.717, 1.165) is 38.5 Å². The molecular formula is C13H19NO. The van der Waals surface area contributed by atoms with Crippen LogP contribution in [0.2, 0.25) is 0 Å². The highest BCUT2D eigenvalue weighted by Gasteiger charge is 2.29. The molecule has 1 aliphatic carbocycles. The van der Waals surface area contributed by atoms with E-state index in [9.17, 15) is 4.79 Å². The van der Waals surface area contributed by atoms with E-state index in [4.69, 9.17) is 5.26 Å². The average molecular weight is 205 g/mol. The lowest BCUT2D eigenvalue weighted by atomic mass is 9.84. The van der Waals surface area contributed by atoms with Gasteiger partial charge in [0.05, 0.1) is 6.07 Å². The zero-order valence-electron chi connectivity index (χ0n) is 9.24. The van der Waals surface area contributed by atoms with Gasteiger partial charge in [-0.05, 0) is 38.0 Å². The van der Waals surface area contributed by atoms with Crippen LogP contribution in [0.25, 0.3) is 0 Å². The number of allylic oxidation sites excluding steroid dienone is 1. The summed E-state index contributed by atoms with van der Waals surface area (Å²) in [6.45, 7) is 3.68. The summed E-state index contributed by atoms with van der Waals surface area (Å²) < 4.78 is 0. The lowest BCUT2D eigenvalue weighted by Gasteiger charge is -2.17. The van der Waals surface area contributed by atoms with Crippen molar-refractivity contribution in [2.24, 2.45) is 11.8 Å². The third-order valence-corrected chi connectivity index (χ3v) is 3.19. The highest BCUT2D eigenvalue weighted by Crippen LogP contribution is 2.29. The first-order chi connectivity index (χ1) is 7.29. The van der Waals surface area contributed by atoms with Crippen molar-refractivity contribution < 1.29 is 4.79 Å². The van der Waals surface area contributed by atoms with Crippen LogP contribution in [-0.4, -0.2) is 5.78 Å². The van der Waals surface area contributed by atoms with Crippen molar-refractivity contribution in [2.75, 3.05) is 0 Å². The summed E-state index contributed by atoms with van der Waals surface area (Å²) >= 11 is 0. The number of hydrogen-bond acceptors (Lipinski definition) is 2. The van der Waals surface area contributed by atoms with E-state index in [2.05, 4.69) is 12.6 Å². The molecule has 15 heavy (non-hydrogen) atoms. The summed E-state index contributed by atoms with van der Waals surface area (Å²) in [4.78, 5) is 11.6. The predicted molar refractivity (Wildman–Crippen MR) is 60.1 cm³/mol. The maximum Gasteiger partial charge on any atom is 0.150 e. The highest BCUT2D eigenvalue weighted by atomic mass is 16.1. The van der Waals surface area contributed by atoms with Gasteiger partial charge in [-0.1, -0.05) is 12.5 Å². The van der Waals surface area contributed by atoms with Crippen LogP contribution in [0, 0.1) is 23.2 Å². The number of ketones is 1. The van der Waals surface area contributed by atoms with Crippen LogP contribution in [0.4, 0.5) is 0 Å². The van der Waals surface area contributed by atoms with Gasteiger partial charge >= 0.3 is 0 Å². The molecule has 1 aliphatic rings. The summed E-state index contributed by atoms with van der Waals surface area (Å²) in [7, 11) is 0. The van der Waals surface area contributed by atoms with Crippen molar-refractivity contribution in [1.82, 2.24) is 0 Å². The average Bonchev–Trinajstić information content (AvgIpc) is 2.41. The smallest absolute Gasteiger partial charge is 0.150 e. The Hall–Kier alpha value is -1.10. The number of hydrogen-bond donors (Lipinski definition) is 0. The van der Waals surface area contributed by atoms with Crippen molar-refractivity contribution in [3.63, 3.8) is 0 Å². The minimum atomic E-state index is -0.336. The molecule has 0 N–H and O–H groups in total. The predicted octanol–water partition coefficient (Wildman–Crippen LogP) is 3.24. The van der Waals surface area contributed by atoms with E-state index in [1.54, 1.807) is 0 Å². The van der Waals surface area contributed by atoms with Gasteiger partial charge in [0.2, 0.25) is 0 Å². The van der Waals surface area contributed by atoms with E-state index in [1.165, 1.54) is 0 Å². The molecule has 0 saturated heterocycles. The molecule has 2 atom stereocenters.